The molecule has 2 aromatic rings. The number of carbonyl (C=O) groups is 1. The highest BCUT2D eigenvalue weighted by Crippen LogP contribution is 2.25. The Morgan fingerprint density at radius 3 is 2.75 bits per heavy atom. The number of hydrogen-bond donors (Lipinski definition) is 1. The number of carboxylic acids is 1. The van der Waals surface area contributed by atoms with E-state index in [2.05, 4.69) is 9.97 Å². The minimum absolute atomic E-state index is 0.329. The Morgan fingerprint density at radius 1 is 1.35 bits per heavy atom. The van der Waals surface area contributed by atoms with E-state index in [1.165, 1.54) is 0 Å². The predicted octanol–water partition coefficient (Wildman–Crippen LogP) is 2.20. The zero-order chi connectivity index (χ0) is 14.5. The quantitative estimate of drug-likeness (QED) is 0.903. The molecule has 0 aliphatic heterocycles. The molecule has 0 fully saturated rings. The van der Waals surface area contributed by atoms with E-state index in [-0.39, 0.29) is 0 Å². The lowest BCUT2D eigenvalue weighted by atomic mass is 9.95. The summed E-state index contributed by atoms with van der Waals surface area (Å²) in [4.78, 5) is 19.7. The van der Waals surface area contributed by atoms with Crippen LogP contribution in [0.5, 0.6) is 5.75 Å². The number of benzene rings is 1. The molecule has 0 aliphatic carbocycles. The Balaban J connectivity index is 2.33. The van der Waals surface area contributed by atoms with E-state index < -0.39 is 11.9 Å². The van der Waals surface area contributed by atoms with Gasteiger partial charge in [-0.2, -0.15) is 0 Å². The van der Waals surface area contributed by atoms with Gasteiger partial charge in [-0.25, -0.2) is 9.97 Å². The number of carboxylic acid groups (broad SMARTS) is 1. The van der Waals surface area contributed by atoms with Gasteiger partial charge < -0.3 is 9.84 Å². The van der Waals surface area contributed by atoms with E-state index in [9.17, 15) is 9.90 Å². The molecule has 1 heterocycles. The third kappa shape index (κ3) is 3.12. The molecule has 0 radical (unpaired) electrons. The van der Waals surface area contributed by atoms with Crippen LogP contribution >= 0.6 is 0 Å². The summed E-state index contributed by atoms with van der Waals surface area (Å²) in [5.74, 6) is -0.375. The van der Waals surface area contributed by atoms with Crippen molar-refractivity contribution in [2.45, 2.75) is 19.3 Å². The van der Waals surface area contributed by atoms with Crippen molar-refractivity contribution in [1.82, 2.24) is 9.97 Å². The number of ether oxygens (including phenoxy) is 1. The first-order valence-corrected chi connectivity index (χ1v) is 6.26. The summed E-state index contributed by atoms with van der Waals surface area (Å²) in [6, 6.07) is 9.04. The molecule has 0 amide bonds. The highest BCUT2D eigenvalue weighted by atomic mass is 16.5. The van der Waals surface area contributed by atoms with Crippen LogP contribution in [0.4, 0.5) is 0 Å². The van der Waals surface area contributed by atoms with Crippen molar-refractivity contribution in [1.29, 1.82) is 0 Å². The highest BCUT2D eigenvalue weighted by molar-refractivity contribution is 5.76. The molecule has 5 nitrogen and oxygen atoms in total. The Labute approximate surface area is 117 Å². The van der Waals surface area contributed by atoms with Crippen molar-refractivity contribution < 1.29 is 14.6 Å². The molecule has 1 atom stereocenters. The van der Waals surface area contributed by atoms with Gasteiger partial charge >= 0.3 is 5.97 Å². The highest BCUT2D eigenvalue weighted by Gasteiger charge is 2.23. The molecule has 1 N–H and O–H groups in total. The minimum atomic E-state index is -0.908. The zero-order valence-corrected chi connectivity index (χ0v) is 11.4. The topological polar surface area (TPSA) is 72.3 Å². The predicted molar refractivity (Wildman–Crippen MR) is 73.8 cm³/mol. The van der Waals surface area contributed by atoms with Gasteiger partial charge in [-0.05, 0) is 31.0 Å². The summed E-state index contributed by atoms with van der Waals surface area (Å²) in [6.45, 7) is 1.74. The Hall–Kier alpha value is -2.43. The van der Waals surface area contributed by atoms with E-state index >= 15 is 0 Å². The monoisotopic (exact) mass is 272 g/mol. The lowest BCUT2D eigenvalue weighted by molar-refractivity contribution is -0.138. The summed E-state index contributed by atoms with van der Waals surface area (Å²) in [5.41, 5.74) is 1.36. The van der Waals surface area contributed by atoms with Crippen LogP contribution < -0.4 is 4.74 Å². The summed E-state index contributed by atoms with van der Waals surface area (Å²) in [7, 11) is 1.57. The van der Waals surface area contributed by atoms with Gasteiger partial charge in [0.25, 0.3) is 0 Å². The third-order valence-corrected chi connectivity index (χ3v) is 3.07. The fourth-order valence-electron chi connectivity index (χ4n) is 2.08. The number of aromatic nitrogens is 2. The lowest BCUT2D eigenvalue weighted by Gasteiger charge is -2.14. The second kappa shape index (κ2) is 6.14. The van der Waals surface area contributed by atoms with Crippen molar-refractivity contribution in [3.05, 3.63) is 53.6 Å². The average Bonchev–Trinajstić information content (AvgIpc) is 2.44. The van der Waals surface area contributed by atoms with Crippen LogP contribution in [0.2, 0.25) is 0 Å². The standard InChI is InChI=1S/C15H16N2O3/c1-10-16-8-7-13(17-10)12(15(18)19)9-11-5-3-4-6-14(11)20-2/h3-8,12H,9H2,1-2H3,(H,18,19). The number of aryl methyl sites for hydroxylation is 1. The fourth-order valence-corrected chi connectivity index (χ4v) is 2.08. The van der Waals surface area contributed by atoms with E-state index in [4.69, 9.17) is 4.74 Å². The Bertz CT molecular complexity index is 614. The normalized spacial score (nSPS) is 11.9. The van der Waals surface area contributed by atoms with E-state index in [1.807, 2.05) is 24.3 Å². The van der Waals surface area contributed by atoms with Crippen molar-refractivity contribution in [2.24, 2.45) is 0 Å². The van der Waals surface area contributed by atoms with Crippen molar-refractivity contribution in [3.8, 4) is 5.75 Å². The molecule has 0 spiro atoms. The molecular weight excluding hydrogens is 256 g/mol. The zero-order valence-electron chi connectivity index (χ0n) is 11.4. The van der Waals surface area contributed by atoms with Crippen LogP contribution in [0.1, 0.15) is 23.0 Å². The van der Waals surface area contributed by atoms with Crippen molar-refractivity contribution in [2.75, 3.05) is 7.11 Å². The van der Waals surface area contributed by atoms with Gasteiger partial charge in [0.05, 0.1) is 12.8 Å². The molecule has 20 heavy (non-hydrogen) atoms. The van der Waals surface area contributed by atoms with Gasteiger partial charge in [-0.3, -0.25) is 4.79 Å². The molecule has 1 aromatic heterocycles. The number of rotatable bonds is 5. The molecule has 1 aromatic carbocycles. The van der Waals surface area contributed by atoms with Gasteiger partial charge in [0, 0.05) is 6.20 Å². The van der Waals surface area contributed by atoms with Crippen LogP contribution in [0, 0.1) is 6.92 Å². The Kier molecular flexibility index (Phi) is 4.30. The first-order valence-electron chi connectivity index (χ1n) is 6.26. The smallest absolute Gasteiger partial charge is 0.312 e. The number of aliphatic carboxylic acids is 1. The molecule has 0 saturated carbocycles. The molecule has 5 heteroatoms. The minimum Gasteiger partial charge on any atom is -0.496 e. The number of nitrogens with zero attached hydrogens (tertiary/aromatic N) is 2. The van der Waals surface area contributed by atoms with Gasteiger partial charge in [-0.1, -0.05) is 18.2 Å². The maximum Gasteiger partial charge on any atom is 0.312 e. The second-order valence-corrected chi connectivity index (χ2v) is 4.44. The first-order chi connectivity index (χ1) is 9.61. The lowest BCUT2D eigenvalue weighted by Crippen LogP contribution is -2.17. The van der Waals surface area contributed by atoms with Gasteiger partial charge in [0.15, 0.2) is 0 Å². The number of hydrogen-bond acceptors (Lipinski definition) is 4. The second-order valence-electron chi connectivity index (χ2n) is 4.44. The SMILES string of the molecule is COc1ccccc1CC(C(=O)O)c1ccnc(C)n1. The van der Waals surface area contributed by atoms with Gasteiger partial charge in [-0.15, -0.1) is 0 Å². The largest absolute Gasteiger partial charge is 0.496 e. The van der Waals surface area contributed by atoms with Crippen LogP contribution in [0.3, 0.4) is 0 Å². The number of methoxy groups -OCH3 is 1. The first kappa shape index (κ1) is 14.0. The van der Waals surface area contributed by atoms with E-state index in [0.717, 1.165) is 5.56 Å². The van der Waals surface area contributed by atoms with Gasteiger partial charge in [0.2, 0.25) is 0 Å². The summed E-state index contributed by atoms with van der Waals surface area (Å²) in [5, 5.41) is 9.44. The fraction of sp³-hybridized carbons (Fsp3) is 0.267. The summed E-state index contributed by atoms with van der Waals surface area (Å²) < 4.78 is 5.26. The van der Waals surface area contributed by atoms with Crippen molar-refractivity contribution >= 4 is 5.97 Å². The average molecular weight is 272 g/mol. The summed E-state index contributed by atoms with van der Waals surface area (Å²) >= 11 is 0. The van der Waals surface area contributed by atoms with Crippen LogP contribution in [-0.2, 0) is 11.2 Å². The van der Waals surface area contributed by atoms with E-state index in [1.54, 1.807) is 26.3 Å². The molecule has 1 unspecified atom stereocenters. The van der Waals surface area contributed by atoms with Crippen LogP contribution in [0.15, 0.2) is 36.5 Å². The molecule has 0 saturated heterocycles. The molecular formula is C15H16N2O3. The molecule has 2 rings (SSSR count). The molecule has 0 aliphatic rings. The number of para-hydroxylation sites is 1. The molecule has 104 valence electrons. The maximum atomic E-state index is 11.5. The molecule has 0 bridgehead atoms. The van der Waals surface area contributed by atoms with Gasteiger partial charge in [0.1, 0.15) is 17.5 Å². The van der Waals surface area contributed by atoms with Crippen LogP contribution in [0.25, 0.3) is 0 Å². The third-order valence-electron chi connectivity index (χ3n) is 3.07. The summed E-state index contributed by atoms with van der Waals surface area (Å²) in [6.07, 6.45) is 1.91. The van der Waals surface area contributed by atoms with E-state index in [0.29, 0.717) is 23.7 Å². The Morgan fingerprint density at radius 2 is 2.10 bits per heavy atom. The maximum absolute atomic E-state index is 11.5. The van der Waals surface area contributed by atoms with Crippen LogP contribution in [-0.4, -0.2) is 28.2 Å². The van der Waals surface area contributed by atoms with Crippen molar-refractivity contribution in [3.63, 3.8) is 0 Å².